The highest BCUT2D eigenvalue weighted by atomic mass is 16.2. The van der Waals surface area contributed by atoms with Crippen molar-refractivity contribution in [2.75, 3.05) is 5.32 Å². The lowest BCUT2D eigenvalue weighted by Gasteiger charge is -2.17. The molecule has 0 aliphatic carbocycles. The molecule has 0 atom stereocenters. The van der Waals surface area contributed by atoms with Gasteiger partial charge in [-0.05, 0) is 11.8 Å². The Balaban J connectivity index is 2.62. The van der Waals surface area contributed by atoms with Gasteiger partial charge in [0.1, 0.15) is 11.9 Å². The summed E-state index contributed by atoms with van der Waals surface area (Å²) >= 11 is 0. The second-order valence-electron chi connectivity index (χ2n) is 6.84. The minimum absolute atomic E-state index is 0.101. The summed E-state index contributed by atoms with van der Waals surface area (Å²) in [6, 6.07) is 1.90. The first-order chi connectivity index (χ1) is 11.7. The first-order valence-corrected chi connectivity index (χ1v) is 8.21. The van der Waals surface area contributed by atoms with Crippen LogP contribution in [0.4, 0.5) is 11.5 Å². The summed E-state index contributed by atoms with van der Waals surface area (Å²) in [5.41, 5.74) is 0.443. The fourth-order valence-electron chi connectivity index (χ4n) is 2.81. The van der Waals surface area contributed by atoms with Crippen molar-refractivity contribution in [2.24, 2.45) is 20.0 Å². The summed E-state index contributed by atoms with van der Waals surface area (Å²) in [4.78, 5) is 24.4. The van der Waals surface area contributed by atoms with Gasteiger partial charge >= 0.3 is 5.69 Å². The quantitative estimate of drug-likeness (QED) is 0.890. The molecule has 2 heterocycles. The van der Waals surface area contributed by atoms with Gasteiger partial charge in [-0.1, -0.05) is 27.7 Å². The molecule has 0 aliphatic heterocycles. The molecule has 134 valence electrons. The third-order valence-electron chi connectivity index (χ3n) is 3.99. The number of anilines is 2. The molecule has 0 aliphatic rings. The first-order valence-electron chi connectivity index (χ1n) is 8.21. The Hall–Kier alpha value is -2.82. The van der Waals surface area contributed by atoms with E-state index >= 15 is 0 Å². The number of aromatic nitrogens is 4. The Bertz CT molecular complexity index is 940. The van der Waals surface area contributed by atoms with Gasteiger partial charge in [0.05, 0.1) is 17.6 Å². The topological polar surface area (TPSA) is 97.6 Å². The van der Waals surface area contributed by atoms with Crippen molar-refractivity contribution >= 4 is 11.5 Å². The molecular weight excluding hydrogens is 320 g/mol. The molecular formula is C17H24N6O2. The lowest BCUT2D eigenvalue weighted by molar-refractivity contribution is 0.462. The number of nitrogens with zero attached hydrogens (tertiary/aromatic N) is 5. The van der Waals surface area contributed by atoms with Crippen LogP contribution in [0.2, 0.25) is 0 Å². The van der Waals surface area contributed by atoms with Crippen LogP contribution in [0.15, 0.2) is 15.8 Å². The molecule has 0 bridgehead atoms. The van der Waals surface area contributed by atoms with Crippen LogP contribution in [0.3, 0.4) is 0 Å². The van der Waals surface area contributed by atoms with E-state index in [0.717, 1.165) is 16.8 Å². The van der Waals surface area contributed by atoms with E-state index in [-0.39, 0.29) is 17.3 Å². The maximum Gasteiger partial charge on any atom is 0.332 e. The SMILES string of the molecule is CC(C)Cn1ncc(Nc2c(C#N)c(=O)n(C)c(=O)n2C)c1C(C)C. The third kappa shape index (κ3) is 3.36. The van der Waals surface area contributed by atoms with Gasteiger partial charge in [0.25, 0.3) is 5.56 Å². The van der Waals surface area contributed by atoms with Crippen molar-refractivity contribution in [1.29, 1.82) is 5.26 Å². The summed E-state index contributed by atoms with van der Waals surface area (Å²) in [6.45, 7) is 9.07. The van der Waals surface area contributed by atoms with E-state index < -0.39 is 11.2 Å². The maximum atomic E-state index is 12.2. The molecule has 25 heavy (non-hydrogen) atoms. The van der Waals surface area contributed by atoms with E-state index in [1.807, 2.05) is 24.6 Å². The molecule has 8 nitrogen and oxygen atoms in total. The molecule has 8 heteroatoms. The summed E-state index contributed by atoms with van der Waals surface area (Å²) in [7, 11) is 2.88. The van der Waals surface area contributed by atoms with Crippen LogP contribution in [-0.4, -0.2) is 18.9 Å². The monoisotopic (exact) mass is 344 g/mol. The molecule has 0 saturated carbocycles. The average molecular weight is 344 g/mol. The predicted molar refractivity (Wildman–Crippen MR) is 96.1 cm³/mol. The van der Waals surface area contributed by atoms with Gasteiger partial charge in [-0.15, -0.1) is 0 Å². The zero-order chi connectivity index (χ0) is 18.9. The second kappa shape index (κ2) is 6.97. The Morgan fingerprint density at radius 2 is 1.84 bits per heavy atom. The summed E-state index contributed by atoms with van der Waals surface area (Å²) < 4.78 is 4.11. The minimum atomic E-state index is -0.617. The molecule has 2 aromatic heterocycles. The standard InChI is InChI=1S/C17H24N6O2/c1-10(2)9-23-14(11(3)4)13(8-19-23)20-15-12(7-18)16(24)22(6)17(25)21(15)5/h8,10-11,20H,9H2,1-6H3. The smallest absolute Gasteiger partial charge is 0.332 e. The zero-order valence-electron chi connectivity index (χ0n) is 15.5. The van der Waals surface area contributed by atoms with E-state index in [1.165, 1.54) is 18.7 Å². The number of rotatable bonds is 5. The predicted octanol–water partition coefficient (Wildman–Crippen LogP) is 1.68. The zero-order valence-corrected chi connectivity index (χ0v) is 15.5. The summed E-state index contributed by atoms with van der Waals surface area (Å²) in [6.07, 6.45) is 1.67. The van der Waals surface area contributed by atoms with Crippen LogP contribution in [0.1, 0.15) is 44.9 Å². The highest BCUT2D eigenvalue weighted by Crippen LogP contribution is 2.27. The molecule has 2 rings (SSSR count). The van der Waals surface area contributed by atoms with Crippen molar-refractivity contribution in [3.05, 3.63) is 38.3 Å². The minimum Gasteiger partial charge on any atom is -0.337 e. The Labute approximate surface area is 146 Å². The highest BCUT2D eigenvalue weighted by molar-refractivity contribution is 5.64. The molecule has 2 aromatic rings. The van der Waals surface area contributed by atoms with Crippen molar-refractivity contribution in [3.63, 3.8) is 0 Å². The number of hydrogen-bond donors (Lipinski definition) is 1. The summed E-state index contributed by atoms with van der Waals surface area (Å²) in [5, 5.41) is 16.9. The van der Waals surface area contributed by atoms with E-state index in [4.69, 9.17) is 0 Å². The number of hydrogen-bond acceptors (Lipinski definition) is 5. The van der Waals surface area contributed by atoms with E-state index in [0.29, 0.717) is 11.6 Å². The second-order valence-corrected chi connectivity index (χ2v) is 6.84. The Kier molecular flexibility index (Phi) is 5.16. The van der Waals surface area contributed by atoms with E-state index in [1.54, 1.807) is 6.20 Å². The van der Waals surface area contributed by atoms with Crippen LogP contribution in [0, 0.1) is 17.2 Å². The van der Waals surface area contributed by atoms with Crippen molar-refractivity contribution in [1.82, 2.24) is 18.9 Å². The van der Waals surface area contributed by atoms with Gasteiger partial charge in [-0.3, -0.25) is 18.6 Å². The maximum absolute atomic E-state index is 12.2. The molecule has 0 amide bonds. The number of nitrogens with one attached hydrogen (secondary N) is 1. The number of nitriles is 1. The molecule has 0 unspecified atom stereocenters. The van der Waals surface area contributed by atoms with Gasteiger partial charge in [0, 0.05) is 20.6 Å². The Morgan fingerprint density at radius 3 is 2.36 bits per heavy atom. The van der Waals surface area contributed by atoms with Gasteiger partial charge in [0.15, 0.2) is 5.56 Å². The van der Waals surface area contributed by atoms with E-state index in [9.17, 15) is 14.9 Å². The van der Waals surface area contributed by atoms with Crippen LogP contribution in [0.5, 0.6) is 0 Å². The fourth-order valence-corrected chi connectivity index (χ4v) is 2.81. The van der Waals surface area contributed by atoms with Gasteiger partial charge in [-0.2, -0.15) is 10.4 Å². The normalized spacial score (nSPS) is 11.2. The van der Waals surface area contributed by atoms with Crippen LogP contribution in [-0.2, 0) is 20.6 Å². The van der Waals surface area contributed by atoms with Gasteiger partial charge in [0.2, 0.25) is 0 Å². The molecule has 0 fully saturated rings. The van der Waals surface area contributed by atoms with Gasteiger partial charge < -0.3 is 5.32 Å². The lowest BCUT2D eigenvalue weighted by atomic mass is 10.1. The highest BCUT2D eigenvalue weighted by Gasteiger charge is 2.20. The van der Waals surface area contributed by atoms with Crippen LogP contribution < -0.4 is 16.6 Å². The molecule has 0 spiro atoms. The van der Waals surface area contributed by atoms with Gasteiger partial charge in [-0.25, -0.2) is 4.79 Å². The third-order valence-corrected chi connectivity index (χ3v) is 3.99. The lowest BCUT2D eigenvalue weighted by Crippen LogP contribution is -2.39. The van der Waals surface area contributed by atoms with Crippen molar-refractivity contribution < 1.29 is 0 Å². The summed E-state index contributed by atoms with van der Waals surface area (Å²) in [5.74, 6) is 0.785. The van der Waals surface area contributed by atoms with Crippen LogP contribution in [0.25, 0.3) is 0 Å². The first kappa shape index (κ1) is 18.5. The van der Waals surface area contributed by atoms with Crippen LogP contribution >= 0.6 is 0 Å². The molecule has 1 N–H and O–H groups in total. The van der Waals surface area contributed by atoms with Crippen molar-refractivity contribution in [3.8, 4) is 6.07 Å². The average Bonchev–Trinajstić information content (AvgIpc) is 2.92. The molecule has 0 saturated heterocycles. The largest absolute Gasteiger partial charge is 0.337 e. The van der Waals surface area contributed by atoms with E-state index in [2.05, 4.69) is 24.3 Å². The fraction of sp³-hybridized carbons (Fsp3) is 0.529. The molecule has 0 radical (unpaired) electrons. The molecule has 0 aromatic carbocycles. The van der Waals surface area contributed by atoms with Crippen molar-refractivity contribution in [2.45, 2.75) is 40.2 Å². The Morgan fingerprint density at radius 1 is 1.20 bits per heavy atom.